The Labute approximate surface area is 142 Å². The standard InChI is InChI=1S/C17H26FN5O/c1-19-17(20-8-11-23-9-3-2-4-10-23)21-13-16(24)22-15-7-5-6-14(18)12-15/h5-7,12H,2-4,8-11,13H2,1H3,(H,22,24)(H2,19,20,21). The number of nitrogens with one attached hydrogen (secondary N) is 3. The Morgan fingerprint density at radius 3 is 2.75 bits per heavy atom. The minimum absolute atomic E-state index is 0.0693. The predicted molar refractivity (Wildman–Crippen MR) is 94.7 cm³/mol. The van der Waals surface area contributed by atoms with E-state index in [-0.39, 0.29) is 18.3 Å². The van der Waals surface area contributed by atoms with Crippen LogP contribution in [-0.4, -0.2) is 56.5 Å². The fourth-order valence-electron chi connectivity index (χ4n) is 2.67. The van der Waals surface area contributed by atoms with Crippen LogP contribution in [0.3, 0.4) is 0 Å². The molecular formula is C17H26FN5O. The Kier molecular flexibility index (Phi) is 7.48. The van der Waals surface area contributed by atoms with Crippen molar-refractivity contribution in [2.45, 2.75) is 19.3 Å². The SMILES string of the molecule is CN=C(NCCN1CCCCC1)NCC(=O)Nc1cccc(F)c1. The lowest BCUT2D eigenvalue weighted by molar-refractivity contribution is -0.115. The zero-order valence-electron chi connectivity index (χ0n) is 14.1. The van der Waals surface area contributed by atoms with Gasteiger partial charge < -0.3 is 20.9 Å². The van der Waals surface area contributed by atoms with E-state index in [1.807, 2.05) is 0 Å². The average molecular weight is 335 g/mol. The summed E-state index contributed by atoms with van der Waals surface area (Å²) in [4.78, 5) is 18.4. The maximum absolute atomic E-state index is 13.1. The maximum Gasteiger partial charge on any atom is 0.243 e. The number of carbonyl (C=O) groups is 1. The van der Waals surface area contributed by atoms with Gasteiger partial charge in [0.1, 0.15) is 5.82 Å². The lowest BCUT2D eigenvalue weighted by Crippen LogP contribution is -2.44. The van der Waals surface area contributed by atoms with Crippen molar-refractivity contribution < 1.29 is 9.18 Å². The number of anilines is 1. The molecule has 3 N–H and O–H groups in total. The largest absolute Gasteiger partial charge is 0.355 e. The number of piperidine rings is 1. The Morgan fingerprint density at radius 1 is 1.25 bits per heavy atom. The highest BCUT2D eigenvalue weighted by Crippen LogP contribution is 2.08. The number of aliphatic imine (C=N–C) groups is 1. The number of guanidine groups is 1. The van der Waals surface area contributed by atoms with Gasteiger partial charge in [-0.25, -0.2) is 4.39 Å². The Hall–Kier alpha value is -2.15. The molecule has 1 aromatic rings. The summed E-state index contributed by atoms with van der Waals surface area (Å²) in [6.45, 7) is 4.13. The van der Waals surface area contributed by atoms with Crippen LogP contribution >= 0.6 is 0 Å². The second kappa shape index (κ2) is 9.87. The van der Waals surface area contributed by atoms with Crippen LogP contribution in [0, 0.1) is 5.82 Å². The molecule has 1 aromatic carbocycles. The molecule has 1 heterocycles. The van der Waals surface area contributed by atoms with Crippen LogP contribution in [-0.2, 0) is 4.79 Å². The number of halogens is 1. The maximum atomic E-state index is 13.1. The molecular weight excluding hydrogens is 309 g/mol. The van der Waals surface area contributed by atoms with Gasteiger partial charge in [0.25, 0.3) is 0 Å². The van der Waals surface area contributed by atoms with Crippen molar-refractivity contribution in [1.29, 1.82) is 0 Å². The van der Waals surface area contributed by atoms with E-state index < -0.39 is 0 Å². The van der Waals surface area contributed by atoms with Gasteiger partial charge >= 0.3 is 0 Å². The van der Waals surface area contributed by atoms with Crippen LogP contribution in [0.1, 0.15) is 19.3 Å². The molecule has 1 fully saturated rings. The van der Waals surface area contributed by atoms with E-state index in [9.17, 15) is 9.18 Å². The van der Waals surface area contributed by atoms with E-state index >= 15 is 0 Å². The predicted octanol–water partition coefficient (Wildman–Crippen LogP) is 1.42. The molecule has 1 aliphatic rings. The highest BCUT2D eigenvalue weighted by Gasteiger charge is 2.10. The zero-order chi connectivity index (χ0) is 17.2. The molecule has 0 spiro atoms. The van der Waals surface area contributed by atoms with Gasteiger partial charge in [-0.05, 0) is 44.1 Å². The first-order valence-corrected chi connectivity index (χ1v) is 8.39. The third kappa shape index (κ3) is 6.54. The van der Waals surface area contributed by atoms with Crippen molar-refractivity contribution in [1.82, 2.24) is 15.5 Å². The first kappa shape index (κ1) is 18.2. The first-order chi connectivity index (χ1) is 11.7. The van der Waals surface area contributed by atoms with Gasteiger partial charge in [0.2, 0.25) is 5.91 Å². The number of benzene rings is 1. The number of amides is 1. The number of rotatable bonds is 6. The summed E-state index contributed by atoms with van der Waals surface area (Å²) in [5, 5.41) is 8.80. The van der Waals surface area contributed by atoms with E-state index in [1.54, 1.807) is 19.2 Å². The normalized spacial score (nSPS) is 15.8. The summed E-state index contributed by atoms with van der Waals surface area (Å²) in [5.41, 5.74) is 0.440. The molecule has 7 heteroatoms. The monoisotopic (exact) mass is 335 g/mol. The topological polar surface area (TPSA) is 68.8 Å². The van der Waals surface area contributed by atoms with E-state index in [2.05, 4.69) is 25.8 Å². The Morgan fingerprint density at radius 2 is 2.04 bits per heavy atom. The smallest absolute Gasteiger partial charge is 0.243 e. The number of carbonyl (C=O) groups excluding carboxylic acids is 1. The van der Waals surface area contributed by atoms with Crippen LogP contribution in [0.5, 0.6) is 0 Å². The van der Waals surface area contributed by atoms with Crippen molar-refractivity contribution in [3.8, 4) is 0 Å². The van der Waals surface area contributed by atoms with Gasteiger partial charge in [0, 0.05) is 25.8 Å². The molecule has 1 saturated heterocycles. The molecule has 0 saturated carbocycles. The van der Waals surface area contributed by atoms with Crippen molar-refractivity contribution in [3.63, 3.8) is 0 Å². The quantitative estimate of drug-likeness (QED) is 0.543. The molecule has 6 nitrogen and oxygen atoms in total. The van der Waals surface area contributed by atoms with Crippen LogP contribution < -0.4 is 16.0 Å². The van der Waals surface area contributed by atoms with Gasteiger partial charge in [-0.2, -0.15) is 0 Å². The molecule has 0 unspecified atom stereocenters. The fraction of sp³-hybridized carbons (Fsp3) is 0.529. The molecule has 0 aliphatic carbocycles. The summed E-state index contributed by atoms with van der Waals surface area (Å²) >= 11 is 0. The zero-order valence-corrected chi connectivity index (χ0v) is 14.1. The number of hydrogen-bond acceptors (Lipinski definition) is 3. The average Bonchev–Trinajstić information content (AvgIpc) is 2.59. The van der Waals surface area contributed by atoms with E-state index in [1.165, 1.54) is 31.4 Å². The second-order valence-electron chi connectivity index (χ2n) is 5.81. The molecule has 24 heavy (non-hydrogen) atoms. The van der Waals surface area contributed by atoms with Gasteiger partial charge in [0.05, 0.1) is 6.54 Å². The number of likely N-dealkylation sites (tertiary alicyclic amines) is 1. The van der Waals surface area contributed by atoms with Gasteiger partial charge in [-0.1, -0.05) is 12.5 Å². The van der Waals surface area contributed by atoms with Gasteiger partial charge in [0.15, 0.2) is 5.96 Å². The third-order valence-electron chi connectivity index (χ3n) is 3.92. The summed E-state index contributed by atoms with van der Waals surface area (Å²) in [5.74, 6) is -0.0445. The first-order valence-electron chi connectivity index (χ1n) is 8.39. The molecule has 2 rings (SSSR count). The molecule has 0 aromatic heterocycles. The lowest BCUT2D eigenvalue weighted by Gasteiger charge is -2.26. The van der Waals surface area contributed by atoms with E-state index in [4.69, 9.17) is 0 Å². The van der Waals surface area contributed by atoms with Crippen molar-refractivity contribution >= 4 is 17.6 Å². The summed E-state index contributed by atoms with van der Waals surface area (Å²) in [6, 6.07) is 5.82. The summed E-state index contributed by atoms with van der Waals surface area (Å²) < 4.78 is 13.1. The van der Waals surface area contributed by atoms with Gasteiger partial charge in [-0.3, -0.25) is 9.79 Å². The van der Waals surface area contributed by atoms with E-state index in [0.29, 0.717) is 11.6 Å². The highest BCUT2D eigenvalue weighted by atomic mass is 19.1. The minimum Gasteiger partial charge on any atom is -0.355 e. The third-order valence-corrected chi connectivity index (χ3v) is 3.92. The number of nitrogens with zero attached hydrogens (tertiary/aromatic N) is 2. The van der Waals surface area contributed by atoms with Crippen LogP contribution in [0.2, 0.25) is 0 Å². The van der Waals surface area contributed by atoms with Crippen molar-refractivity contribution in [2.75, 3.05) is 45.1 Å². The molecule has 0 bridgehead atoms. The molecule has 0 atom stereocenters. The Bertz CT molecular complexity index is 558. The number of hydrogen-bond donors (Lipinski definition) is 3. The second-order valence-corrected chi connectivity index (χ2v) is 5.81. The van der Waals surface area contributed by atoms with Crippen molar-refractivity contribution in [2.24, 2.45) is 4.99 Å². The lowest BCUT2D eigenvalue weighted by atomic mass is 10.1. The fourth-order valence-corrected chi connectivity index (χ4v) is 2.67. The summed E-state index contributed by atoms with van der Waals surface area (Å²) in [7, 11) is 1.67. The molecule has 1 amide bonds. The highest BCUT2D eigenvalue weighted by molar-refractivity contribution is 5.94. The van der Waals surface area contributed by atoms with E-state index in [0.717, 1.165) is 26.2 Å². The van der Waals surface area contributed by atoms with Crippen LogP contribution in [0.25, 0.3) is 0 Å². The molecule has 0 radical (unpaired) electrons. The van der Waals surface area contributed by atoms with Crippen LogP contribution in [0.15, 0.2) is 29.3 Å². The van der Waals surface area contributed by atoms with Crippen molar-refractivity contribution in [3.05, 3.63) is 30.1 Å². The molecule has 132 valence electrons. The van der Waals surface area contributed by atoms with Crippen LogP contribution in [0.4, 0.5) is 10.1 Å². The van der Waals surface area contributed by atoms with Gasteiger partial charge in [-0.15, -0.1) is 0 Å². The Balaban J connectivity index is 1.66. The summed E-state index contributed by atoms with van der Waals surface area (Å²) in [6.07, 6.45) is 3.87. The minimum atomic E-state index is -0.379. The molecule has 1 aliphatic heterocycles.